The van der Waals surface area contributed by atoms with Gasteiger partial charge in [0.2, 0.25) is 10.0 Å². The third-order valence-corrected chi connectivity index (χ3v) is 5.49. The molecular formula is C12H13ClN4O2S. The second kappa shape index (κ2) is 5.16. The molecule has 1 N–H and O–H groups in total. The van der Waals surface area contributed by atoms with Gasteiger partial charge in [-0.05, 0) is 31.0 Å². The maximum atomic E-state index is 12.7. The van der Waals surface area contributed by atoms with E-state index in [1.807, 2.05) is 0 Å². The van der Waals surface area contributed by atoms with Gasteiger partial charge in [0.25, 0.3) is 0 Å². The minimum atomic E-state index is -3.58. The fourth-order valence-electron chi connectivity index (χ4n) is 2.44. The number of rotatable bonds is 3. The average molecular weight is 313 g/mol. The second-order valence-corrected chi connectivity index (χ2v) is 6.93. The van der Waals surface area contributed by atoms with Crippen LogP contribution in [-0.4, -0.2) is 34.4 Å². The fraction of sp³-hybridized carbons (Fsp3) is 0.333. The van der Waals surface area contributed by atoms with Gasteiger partial charge < -0.3 is 0 Å². The Hall–Kier alpha value is -1.44. The first-order chi connectivity index (χ1) is 9.59. The van der Waals surface area contributed by atoms with Crippen LogP contribution in [0.1, 0.15) is 24.7 Å². The molecule has 0 bridgehead atoms. The van der Waals surface area contributed by atoms with Crippen LogP contribution in [0.5, 0.6) is 0 Å². The van der Waals surface area contributed by atoms with Gasteiger partial charge in [0.05, 0.1) is 10.9 Å². The number of nitrogens with one attached hydrogen (secondary N) is 1. The monoisotopic (exact) mass is 312 g/mol. The van der Waals surface area contributed by atoms with Crippen LogP contribution in [0.25, 0.3) is 0 Å². The van der Waals surface area contributed by atoms with Crippen molar-refractivity contribution in [3.8, 4) is 0 Å². The Morgan fingerprint density at radius 2 is 2.25 bits per heavy atom. The van der Waals surface area contributed by atoms with Crippen molar-refractivity contribution >= 4 is 21.6 Å². The van der Waals surface area contributed by atoms with Gasteiger partial charge in [-0.2, -0.15) is 9.40 Å². The maximum absolute atomic E-state index is 12.7. The summed E-state index contributed by atoms with van der Waals surface area (Å²) in [6.45, 7) is 0.472. The average Bonchev–Trinajstić information content (AvgIpc) is 3.09. The number of hydrogen-bond donors (Lipinski definition) is 1. The summed E-state index contributed by atoms with van der Waals surface area (Å²) in [6, 6.07) is 6.01. The molecule has 6 nitrogen and oxygen atoms in total. The Morgan fingerprint density at radius 3 is 2.95 bits per heavy atom. The van der Waals surface area contributed by atoms with Gasteiger partial charge in [0.1, 0.15) is 12.2 Å². The van der Waals surface area contributed by atoms with Crippen LogP contribution < -0.4 is 0 Å². The first kappa shape index (κ1) is 13.5. The number of benzene rings is 1. The van der Waals surface area contributed by atoms with E-state index in [9.17, 15) is 8.42 Å². The Morgan fingerprint density at radius 1 is 1.40 bits per heavy atom. The highest BCUT2D eigenvalue weighted by Crippen LogP contribution is 2.35. The van der Waals surface area contributed by atoms with E-state index in [2.05, 4.69) is 15.2 Å². The van der Waals surface area contributed by atoms with E-state index < -0.39 is 10.0 Å². The third-order valence-electron chi connectivity index (χ3n) is 3.36. The van der Waals surface area contributed by atoms with Crippen LogP contribution in [0, 0.1) is 0 Å². The molecule has 0 aliphatic carbocycles. The molecule has 8 heteroatoms. The maximum Gasteiger partial charge on any atom is 0.243 e. The molecule has 1 aromatic heterocycles. The van der Waals surface area contributed by atoms with Crippen molar-refractivity contribution in [1.29, 1.82) is 0 Å². The molecule has 1 aromatic carbocycles. The number of nitrogens with zero attached hydrogens (tertiary/aromatic N) is 3. The van der Waals surface area contributed by atoms with Gasteiger partial charge in [-0.3, -0.25) is 5.10 Å². The van der Waals surface area contributed by atoms with E-state index in [0.29, 0.717) is 17.4 Å². The minimum absolute atomic E-state index is 0.205. The fourth-order valence-corrected chi connectivity index (χ4v) is 4.40. The van der Waals surface area contributed by atoms with E-state index in [0.717, 1.165) is 12.8 Å². The number of aromatic amines is 1. The van der Waals surface area contributed by atoms with Crippen LogP contribution in [0.2, 0.25) is 5.02 Å². The van der Waals surface area contributed by atoms with Crippen LogP contribution in [-0.2, 0) is 10.0 Å². The van der Waals surface area contributed by atoms with Gasteiger partial charge in [-0.1, -0.05) is 17.7 Å². The van der Waals surface area contributed by atoms with Gasteiger partial charge in [0.15, 0.2) is 0 Å². The molecule has 0 saturated carbocycles. The third kappa shape index (κ3) is 2.32. The summed E-state index contributed by atoms with van der Waals surface area (Å²) in [7, 11) is -3.58. The molecule has 1 atom stereocenters. The van der Waals surface area contributed by atoms with E-state index in [-0.39, 0.29) is 10.9 Å². The number of hydrogen-bond acceptors (Lipinski definition) is 4. The van der Waals surface area contributed by atoms with Crippen molar-refractivity contribution in [1.82, 2.24) is 19.5 Å². The lowest BCUT2D eigenvalue weighted by Gasteiger charge is -2.22. The molecule has 2 aromatic rings. The zero-order chi connectivity index (χ0) is 14.2. The van der Waals surface area contributed by atoms with Crippen molar-refractivity contribution < 1.29 is 8.42 Å². The van der Waals surface area contributed by atoms with E-state index in [4.69, 9.17) is 11.6 Å². The summed E-state index contributed by atoms with van der Waals surface area (Å²) in [5.41, 5.74) is 0. The van der Waals surface area contributed by atoms with Crippen LogP contribution in [0.3, 0.4) is 0 Å². The lowest BCUT2D eigenvalue weighted by molar-refractivity contribution is 0.384. The molecule has 0 amide bonds. The highest BCUT2D eigenvalue weighted by molar-refractivity contribution is 7.89. The summed E-state index contributed by atoms with van der Waals surface area (Å²) in [5, 5.41) is 6.95. The summed E-state index contributed by atoms with van der Waals surface area (Å²) in [4.78, 5) is 4.28. The summed E-state index contributed by atoms with van der Waals surface area (Å²) < 4.78 is 26.9. The van der Waals surface area contributed by atoms with Gasteiger partial charge in [-0.25, -0.2) is 13.4 Å². The van der Waals surface area contributed by atoms with Crippen LogP contribution in [0.4, 0.5) is 0 Å². The predicted octanol–water partition coefficient (Wildman–Crippen LogP) is 1.98. The zero-order valence-electron chi connectivity index (χ0n) is 10.5. The molecule has 1 aliphatic rings. The number of aromatic nitrogens is 3. The number of halogens is 1. The molecule has 3 rings (SSSR count). The standard InChI is InChI=1S/C12H13ClN4O2S/c13-9-3-1-4-10(7-9)20(18,19)17-6-2-5-11(17)12-14-8-15-16-12/h1,3-4,7-8,11H,2,5-6H2,(H,14,15,16)/t11-/m1/s1. The minimum Gasteiger partial charge on any atom is -0.262 e. The molecule has 2 heterocycles. The predicted molar refractivity (Wildman–Crippen MR) is 73.7 cm³/mol. The Kier molecular flexibility index (Phi) is 3.49. The highest BCUT2D eigenvalue weighted by atomic mass is 35.5. The van der Waals surface area contributed by atoms with Crippen molar-refractivity contribution in [2.45, 2.75) is 23.8 Å². The molecule has 0 radical (unpaired) electrons. The molecule has 20 heavy (non-hydrogen) atoms. The Labute approximate surface area is 121 Å². The number of H-pyrrole nitrogens is 1. The van der Waals surface area contributed by atoms with Crippen molar-refractivity contribution in [2.24, 2.45) is 0 Å². The van der Waals surface area contributed by atoms with Crippen molar-refractivity contribution in [3.63, 3.8) is 0 Å². The Bertz CT molecular complexity index is 702. The lowest BCUT2D eigenvalue weighted by atomic mass is 10.2. The zero-order valence-corrected chi connectivity index (χ0v) is 12.1. The summed E-state index contributed by atoms with van der Waals surface area (Å²) in [5.74, 6) is 0.577. The van der Waals surface area contributed by atoms with Crippen LogP contribution >= 0.6 is 11.6 Å². The molecule has 1 aliphatic heterocycles. The SMILES string of the molecule is O=S(=O)(c1cccc(Cl)c1)N1CCC[C@@H]1c1ncn[nH]1. The normalized spacial score (nSPS) is 20.4. The molecule has 106 valence electrons. The second-order valence-electron chi connectivity index (χ2n) is 4.60. The molecule has 1 saturated heterocycles. The molecule has 1 fully saturated rings. The number of sulfonamides is 1. The van der Waals surface area contributed by atoms with Gasteiger partial charge >= 0.3 is 0 Å². The largest absolute Gasteiger partial charge is 0.262 e. The van der Waals surface area contributed by atoms with Gasteiger partial charge in [-0.15, -0.1) is 0 Å². The molecular weight excluding hydrogens is 300 g/mol. The summed E-state index contributed by atoms with van der Waals surface area (Å²) >= 11 is 5.88. The van der Waals surface area contributed by atoms with Crippen LogP contribution in [0.15, 0.2) is 35.5 Å². The Balaban J connectivity index is 1.98. The topological polar surface area (TPSA) is 79.0 Å². The molecule has 0 spiro atoms. The van der Waals surface area contributed by atoms with E-state index >= 15 is 0 Å². The van der Waals surface area contributed by atoms with E-state index in [1.54, 1.807) is 18.2 Å². The summed E-state index contributed by atoms with van der Waals surface area (Å²) in [6.07, 6.45) is 2.91. The van der Waals surface area contributed by atoms with E-state index in [1.165, 1.54) is 16.7 Å². The lowest BCUT2D eigenvalue weighted by Crippen LogP contribution is -2.31. The quantitative estimate of drug-likeness (QED) is 0.940. The smallest absolute Gasteiger partial charge is 0.243 e. The highest BCUT2D eigenvalue weighted by Gasteiger charge is 2.37. The molecule has 0 unspecified atom stereocenters. The van der Waals surface area contributed by atoms with Crippen molar-refractivity contribution in [3.05, 3.63) is 41.4 Å². The van der Waals surface area contributed by atoms with Gasteiger partial charge in [0, 0.05) is 11.6 Å². The van der Waals surface area contributed by atoms with Crippen molar-refractivity contribution in [2.75, 3.05) is 6.54 Å². The first-order valence-corrected chi connectivity index (χ1v) is 8.03. The first-order valence-electron chi connectivity index (χ1n) is 6.22.